The quantitative estimate of drug-likeness (QED) is 0.275. The summed E-state index contributed by atoms with van der Waals surface area (Å²) in [5.74, 6) is 0.432. The van der Waals surface area contributed by atoms with E-state index in [-0.39, 0.29) is 11.5 Å². The maximum atomic E-state index is 9.77. The van der Waals surface area contributed by atoms with Crippen molar-refractivity contribution in [2.45, 2.75) is 0 Å². The third-order valence-electron chi connectivity index (χ3n) is 3.76. The van der Waals surface area contributed by atoms with Gasteiger partial charge in [-0.3, -0.25) is 9.98 Å². The van der Waals surface area contributed by atoms with Gasteiger partial charge in [-0.25, -0.2) is 0 Å². The van der Waals surface area contributed by atoms with Gasteiger partial charge in [0.1, 0.15) is 11.5 Å². The Bertz CT molecular complexity index is 745. The Morgan fingerprint density at radius 3 is 1.54 bits per heavy atom. The molecule has 0 atom stereocenters. The first-order valence-corrected chi connectivity index (χ1v) is 10.5. The van der Waals surface area contributed by atoms with Crippen LogP contribution in [0.15, 0.2) is 55.3 Å². The van der Waals surface area contributed by atoms with Crippen LogP contribution in [-0.2, 0) is 0 Å². The molecule has 2 aromatic carbocycles. The van der Waals surface area contributed by atoms with Gasteiger partial charge in [0.15, 0.2) is 0 Å². The highest BCUT2D eigenvalue weighted by Gasteiger charge is 1.99. The lowest BCUT2D eigenvalue weighted by molar-refractivity contribution is 0.473. The van der Waals surface area contributed by atoms with Crippen LogP contribution in [0.1, 0.15) is 11.1 Å². The Morgan fingerprint density at radius 1 is 0.714 bits per heavy atom. The number of phenols is 2. The molecule has 0 aliphatic heterocycles. The molecule has 0 bridgehead atoms. The highest BCUT2D eigenvalue weighted by molar-refractivity contribution is 9.10. The molecule has 2 rings (SSSR count). The Morgan fingerprint density at radius 2 is 1.14 bits per heavy atom. The largest absolute Gasteiger partial charge is 0.507 e. The zero-order chi connectivity index (χ0) is 20.2. The minimum Gasteiger partial charge on any atom is -0.507 e. The second-order valence-corrected chi connectivity index (χ2v) is 7.81. The third-order valence-corrected chi connectivity index (χ3v) is 4.75. The number of nitrogens with zero attached hydrogens (tertiary/aromatic N) is 2. The summed E-state index contributed by atoms with van der Waals surface area (Å²) in [6.07, 6.45) is 3.37. The van der Waals surface area contributed by atoms with E-state index in [9.17, 15) is 10.2 Å². The predicted octanol–water partition coefficient (Wildman–Crippen LogP) is 3.34. The Kier molecular flexibility index (Phi) is 10.2. The summed E-state index contributed by atoms with van der Waals surface area (Å²) < 4.78 is 1.68. The molecule has 0 aliphatic carbocycles. The molecular formula is C20H24Br2N4O2. The molecule has 0 amide bonds. The third kappa shape index (κ3) is 8.52. The number of phenolic OH excluding ortho intramolecular Hbond substituents is 2. The fourth-order valence-corrected chi connectivity index (χ4v) is 2.99. The molecule has 0 saturated heterocycles. The van der Waals surface area contributed by atoms with Crippen LogP contribution in [0.4, 0.5) is 0 Å². The van der Waals surface area contributed by atoms with Crippen molar-refractivity contribution in [2.24, 2.45) is 9.98 Å². The summed E-state index contributed by atoms with van der Waals surface area (Å²) >= 11 is 6.62. The molecule has 150 valence electrons. The number of rotatable bonds is 11. The van der Waals surface area contributed by atoms with Gasteiger partial charge in [0.25, 0.3) is 0 Å². The van der Waals surface area contributed by atoms with E-state index < -0.39 is 0 Å². The highest BCUT2D eigenvalue weighted by atomic mass is 79.9. The van der Waals surface area contributed by atoms with Gasteiger partial charge in [-0.1, -0.05) is 31.9 Å². The Labute approximate surface area is 182 Å². The Balaban J connectivity index is 1.49. The number of hydrogen-bond acceptors (Lipinski definition) is 6. The van der Waals surface area contributed by atoms with Crippen LogP contribution in [0, 0.1) is 0 Å². The molecule has 6 nitrogen and oxygen atoms in total. The van der Waals surface area contributed by atoms with Gasteiger partial charge < -0.3 is 20.8 Å². The molecular weight excluding hydrogens is 488 g/mol. The van der Waals surface area contributed by atoms with Crippen molar-refractivity contribution in [1.29, 1.82) is 0 Å². The van der Waals surface area contributed by atoms with Crippen LogP contribution in [0.25, 0.3) is 0 Å². The lowest BCUT2D eigenvalue weighted by Gasteiger charge is -2.04. The number of benzene rings is 2. The van der Waals surface area contributed by atoms with E-state index in [1.54, 1.807) is 24.6 Å². The number of nitrogens with one attached hydrogen (secondary N) is 2. The second-order valence-electron chi connectivity index (χ2n) is 5.98. The molecule has 0 fully saturated rings. The molecule has 0 aliphatic rings. The van der Waals surface area contributed by atoms with Gasteiger partial charge >= 0.3 is 0 Å². The minimum absolute atomic E-state index is 0.216. The van der Waals surface area contributed by atoms with E-state index in [1.807, 2.05) is 24.3 Å². The van der Waals surface area contributed by atoms with Crippen LogP contribution in [0.5, 0.6) is 11.5 Å². The van der Waals surface area contributed by atoms with Crippen LogP contribution >= 0.6 is 31.9 Å². The molecule has 0 heterocycles. The molecule has 0 spiro atoms. The highest BCUT2D eigenvalue weighted by Crippen LogP contribution is 2.21. The van der Waals surface area contributed by atoms with Crippen molar-refractivity contribution < 1.29 is 10.2 Å². The van der Waals surface area contributed by atoms with E-state index in [0.29, 0.717) is 24.2 Å². The van der Waals surface area contributed by atoms with Gasteiger partial charge in [-0.2, -0.15) is 0 Å². The molecule has 2 aromatic rings. The van der Waals surface area contributed by atoms with Crippen LogP contribution in [0.2, 0.25) is 0 Å². The molecule has 0 radical (unpaired) electrons. The number of hydrogen-bond donors (Lipinski definition) is 4. The first-order chi connectivity index (χ1) is 13.6. The van der Waals surface area contributed by atoms with Crippen molar-refractivity contribution in [3.05, 3.63) is 56.5 Å². The van der Waals surface area contributed by atoms with Gasteiger partial charge in [-0.15, -0.1) is 0 Å². The summed E-state index contributed by atoms with van der Waals surface area (Å²) in [6.45, 7) is 4.53. The van der Waals surface area contributed by atoms with Crippen LogP contribution in [-0.4, -0.2) is 61.9 Å². The zero-order valence-electron chi connectivity index (χ0n) is 15.4. The maximum absolute atomic E-state index is 9.77. The average molecular weight is 512 g/mol. The van der Waals surface area contributed by atoms with E-state index in [4.69, 9.17) is 0 Å². The van der Waals surface area contributed by atoms with Gasteiger partial charge in [0, 0.05) is 58.7 Å². The molecule has 28 heavy (non-hydrogen) atoms. The summed E-state index contributed by atoms with van der Waals surface area (Å²) in [4.78, 5) is 8.61. The van der Waals surface area contributed by atoms with Gasteiger partial charge in [0.2, 0.25) is 0 Å². The summed E-state index contributed by atoms with van der Waals surface area (Å²) in [7, 11) is 0. The lowest BCUT2D eigenvalue weighted by Crippen LogP contribution is -2.30. The summed E-state index contributed by atoms with van der Waals surface area (Å²) in [6, 6.07) is 10.7. The fraction of sp³-hybridized carbons (Fsp3) is 0.300. The average Bonchev–Trinajstić information content (AvgIpc) is 2.65. The van der Waals surface area contributed by atoms with Crippen molar-refractivity contribution in [2.75, 3.05) is 39.3 Å². The second kappa shape index (κ2) is 12.7. The Hall–Kier alpha value is -1.74. The predicted molar refractivity (Wildman–Crippen MR) is 122 cm³/mol. The normalized spacial score (nSPS) is 11.6. The molecule has 0 saturated carbocycles. The van der Waals surface area contributed by atoms with Crippen LogP contribution < -0.4 is 10.6 Å². The molecule has 0 aromatic heterocycles. The SMILES string of the molecule is Oc1cc(Br)ccc1C=NCCNCCNCCN=Cc1ccc(Br)cc1O. The molecule has 4 N–H and O–H groups in total. The zero-order valence-corrected chi connectivity index (χ0v) is 18.6. The number of halogens is 2. The van der Waals surface area contributed by atoms with Crippen molar-refractivity contribution in [3.8, 4) is 11.5 Å². The summed E-state index contributed by atoms with van der Waals surface area (Å²) in [5.41, 5.74) is 1.42. The molecule has 8 heteroatoms. The van der Waals surface area contributed by atoms with Crippen molar-refractivity contribution >= 4 is 44.3 Å². The van der Waals surface area contributed by atoms with E-state index in [1.165, 1.54) is 0 Å². The topological polar surface area (TPSA) is 89.2 Å². The van der Waals surface area contributed by atoms with Crippen molar-refractivity contribution in [1.82, 2.24) is 10.6 Å². The first kappa shape index (κ1) is 22.5. The fourth-order valence-electron chi connectivity index (χ4n) is 2.29. The van der Waals surface area contributed by atoms with E-state index in [2.05, 4.69) is 52.5 Å². The summed E-state index contributed by atoms with van der Waals surface area (Å²) in [5, 5.41) is 26.2. The minimum atomic E-state index is 0.216. The van der Waals surface area contributed by atoms with Crippen LogP contribution in [0.3, 0.4) is 0 Å². The standard InChI is InChI=1S/C20H24Br2N4O2/c21-17-3-1-15(19(27)11-17)13-25-9-7-23-5-6-24-8-10-26-14-16-2-4-18(22)12-20(16)28/h1-4,11-14,23-24,27-28H,5-10H2. The van der Waals surface area contributed by atoms with Gasteiger partial charge in [0.05, 0.1) is 13.1 Å². The number of aliphatic imine (C=N–C) groups is 2. The molecule has 0 unspecified atom stereocenters. The van der Waals surface area contributed by atoms with E-state index >= 15 is 0 Å². The lowest BCUT2D eigenvalue weighted by atomic mass is 10.2. The smallest absolute Gasteiger partial charge is 0.125 e. The number of aromatic hydroxyl groups is 2. The van der Waals surface area contributed by atoms with Crippen molar-refractivity contribution in [3.63, 3.8) is 0 Å². The monoisotopic (exact) mass is 510 g/mol. The maximum Gasteiger partial charge on any atom is 0.125 e. The van der Waals surface area contributed by atoms with E-state index in [0.717, 1.165) is 35.1 Å². The first-order valence-electron chi connectivity index (χ1n) is 8.94. The van der Waals surface area contributed by atoms with Gasteiger partial charge in [-0.05, 0) is 36.4 Å².